The van der Waals surface area contributed by atoms with Gasteiger partial charge in [0.2, 0.25) is 5.91 Å². The Morgan fingerprint density at radius 3 is 2.53 bits per heavy atom. The van der Waals surface area contributed by atoms with Gasteiger partial charge in [-0.05, 0) is 30.5 Å². The summed E-state index contributed by atoms with van der Waals surface area (Å²) in [4.78, 5) is 53.4. The van der Waals surface area contributed by atoms with Crippen molar-refractivity contribution in [1.82, 2.24) is 9.80 Å². The van der Waals surface area contributed by atoms with E-state index in [1.165, 1.54) is 6.07 Å². The first kappa shape index (κ1) is 23.6. The Morgan fingerprint density at radius 2 is 1.78 bits per heavy atom. The summed E-state index contributed by atoms with van der Waals surface area (Å²) in [5, 5.41) is 17.0. The number of phenols is 1. The van der Waals surface area contributed by atoms with Gasteiger partial charge in [0.1, 0.15) is 11.4 Å². The molecule has 186 valence electrons. The molecule has 2 atom stereocenters. The van der Waals surface area contributed by atoms with E-state index < -0.39 is 10.9 Å². The van der Waals surface area contributed by atoms with Gasteiger partial charge < -0.3 is 25.5 Å². The molecule has 0 saturated carbocycles. The van der Waals surface area contributed by atoms with E-state index >= 15 is 0 Å². The molecule has 0 radical (unpaired) electrons. The van der Waals surface area contributed by atoms with E-state index in [-0.39, 0.29) is 52.3 Å². The number of carbonyl (C=O) groups excluding carboxylic acids is 2. The van der Waals surface area contributed by atoms with Gasteiger partial charge in [-0.3, -0.25) is 19.2 Å². The summed E-state index contributed by atoms with van der Waals surface area (Å²) in [6.45, 7) is 3.27. The minimum Gasteiger partial charge on any atom is -0.505 e. The van der Waals surface area contributed by atoms with Crippen LogP contribution in [0.2, 0.25) is 0 Å². The SMILES string of the molecule is CC[C@@H](Nc1c(Nc2cccc(C(=O)N3CCN4C(=O)CCC4C3)c2O)c(=O)c1=O)c1ccccc1. The van der Waals surface area contributed by atoms with Crippen LogP contribution in [0.25, 0.3) is 0 Å². The Morgan fingerprint density at radius 1 is 1.03 bits per heavy atom. The molecule has 2 heterocycles. The fraction of sp³-hybridized carbons (Fsp3) is 0.333. The van der Waals surface area contributed by atoms with Crippen molar-refractivity contribution in [2.24, 2.45) is 0 Å². The number of rotatable bonds is 7. The fourth-order valence-electron chi connectivity index (χ4n) is 5.10. The third-order valence-corrected chi connectivity index (χ3v) is 7.15. The van der Waals surface area contributed by atoms with Crippen LogP contribution in [0.15, 0.2) is 58.1 Å². The van der Waals surface area contributed by atoms with Crippen LogP contribution < -0.4 is 21.5 Å². The second kappa shape index (κ2) is 9.49. The minimum atomic E-state index is -0.682. The molecule has 2 aliphatic rings. The van der Waals surface area contributed by atoms with Gasteiger partial charge in [0.05, 0.1) is 17.3 Å². The first-order valence-corrected chi connectivity index (χ1v) is 12.2. The summed E-state index contributed by atoms with van der Waals surface area (Å²) < 4.78 is 0. The smallest absolute Gasteiger partial charge is 0.257 e. The fourth-order valence-corrected chi connectivity index (χ4v) is 5.10. The maximum Gasteiger partial charge on any atom is 0.257 e. The number of nitrogens with zero attached hydrogens (tertiary/aromatic N) is 2. The zero-order chi connectivity index (χ0) is 25.4. The highest BCUT2D eigenvalue weighted by atomic mass is 16.3. The van der Waals surface area contributed by atoms with Gasteiger partial charge >= 0.3 is 0 Å². The Balaban J connectivity index is 1.35. The number of carbonyl (C=O) groups is 2. The van der Waals surface area contributed by atoms with E-state index in [0.717, 1.165) is 12.0 Å². The number of fused-ring (bicyclic) bond motifs is 1. The standard InChI is InChI=1S/C27H28N4O5/c1-2-19(16-7-4-3-5-8-16)28-22-23(26(35)25(22)34)29-20-10-6-9-18(24(20)33)27(36)30-13-14-31-17(15-30)11-12-21(31)32/h3-10,17,19,28-29,33H,2,11-15H2,1H3/t17?,19-/m1/s1. The number of hydrogen-bond donors (Lipinski definition) is 3. The average molecular weight is 489 g/mol. The number of amides is 2. The summed E-state index contributed by atoms with van der Waals surface area (Å²) >= 11 is 0. The van der Waals surface area contributed by atoms with Crippen molar-refractivity contribution in [2.75, 3.05) is 30.3 Å². The monoisotopic (exact) mass is 488 g/mol. The molecule has 0 aliphatic carbocycles. The molecule has 36 heavy (non-hydrogen) atoms. The third kappa shape index (κ3) is 4.10. The predicted octanol–water partition coefficient (Wildman–Crippen LogP) is 2.74. The van der Waals surface area contributed by atoms with Crippen molar-refractivity contribution >= 4 is 28.9 Å². The second-order valence-corrected chi connectivity index (χ2v) is 9.28. The van der Waals surface area contributed by atoms with E-state index in [4.69, 9.17) is 0 Å². The zero-order valence-electron chi connectivity index (χ0n) is 20.0. The maximum absolute atomic E-state index is 13.2. The molecular formula is C27H28N4O5. The highest BCUT2D eigenvalue weighted by Crippen LogP contribution is 2.34. The van der Waals surface area contributed by atoms with Crippen LogP contribution >= 0.6 is 0 Å². The lowest BCUT2D eigenvalue weighted by Crippen LogP contribution is -2.53. The van der Waals surface area contributed by atoms with Crippen molar-refractivity contribution in [1.29, 1.82) is 0 Å². The number of anilines is 3. The quantitative estimate of drug-likeness (QED) is 0.346. The van der Waals surface area contributed by atoms with Crippen LogP contribution in [0.5, 0.6) is 5.75 Å². The van der Waals surface area contributed by atoms with E-state index in [2.05, 4.69) is 10.6 Å². The molecule has 2 saturated heterocycles. The Kier molecular flexibility index (Phi) is 6.22. The molecule has 2 aliphatic heterocycles. The molecule has 9 heteroatoms. The topological polar surface area (TPSA) is 119 Å². The third-order valence-electron chi connectivity index (χ3n) is 7.15. The number of para-hydroxylation sites is 1. The van der Waals surface area contributed by atoms with Gasteiger partial charge in [0.15, 0.2) is 5.75 Å². The average Bonchev–Trinajstić information content (AvgIpc) is 3.28. The van der Waals surface area contributed by atoms with Crippen LogP contribution in [-0.4, -0.2) is 52.4 Å². The first-order valence-electron chi connectivity index (χ1n) is 12.2. The zero-order valence-corrected chi connectivity index (χ0v) is 20.0. The molecule has 0 spiro atoms. The molecule has 3 aromatic rings. The molecular weight excluding hydrogens is 460 g/mol. The van der Waals surface area contributed by atoms with Crippen LogP contribution in [0.1, 0.15) is 48.1 Å². The van der Waals surface area contributed by atoms with Gasteiger partial charge in [0, 0.05) is 32.1 Å². The van der Waals surface area contributed by atoms with Crippen molar-refractivity contribution in [3.05, 3.63) is 80.1 Å². The number of phenolic OH excluding ortho intramolecular Hbond substituents is 1. The van der Waals surface area contributed by atoms with E-state index in [0.29, 0.717) is 32.5 Å². The highest BCUT2D eigenvalue weighted by molar-refractivity contribution is 5.99. The second-order valence-electron chi connectivity index (χ2n) is 9.28. The number of benzene rings is 2. The Bertz CT molecular complexity index is 1380. The van der Waals surface area contributed by atoms with Gasteiger partial charge in [-0.25, -0.2) is 0 Å². The molecule has 1 unspecified atom stereocenters. The number of hydrogen-bond acceptors (Lipinski definition) is 7. The van der Waals surface area contributed by atoms with Crippen LogP contribution in [0.4, 0.5) is 17.1 Å². The lowest BCUT2D eigenvalue weighted by Gasteiger charge is -2.37. The van der Waals surface area contributed by atoms with E-state index in [9.17, 15) is 24.3 Å². The molecule has 3 aromatic carbocycles. The maximum atomic E-state index is 13.2. The molecule has 3 N–H and O–H groups in total. The lowest BCUT2D eigenvalue weighted by atomic mass is 10.0. The van der Waals surface area contributed by atoms with E-state index in [1.807, 2.05) is 42.2 Å². The molecule has 2 amide bonds. The van der Waals surface area contributed by atoms with Gasteiger partial charge in [-0.2, -0.15) is 0 Å². The summed E-state index contributed by atoms with van der Waals surface area (Å²) in [6, 6.07) is 14.1. The predicted molar refractivity (Wildman–Crippen MR) is 136 cm³/mol. The normalized spacial score (nSPS) is 18.2. The molecule has 9 nitrogen and oxygen atoms in total. The van der Waals surface area contributed by atoms with Crippen molar-refractivity contribution < 1.29 is 14.7 Å². The van der Waals surface area contributed by atoms with E-state index in [1.54, 1.807) is 17.0 Å². The van der Waals surface area contributed by atoms with Gasteiger partial charge in [-0.15, -0.1) is 0 Å². The highest BCUT2D eigenvalue weighted by Gasteiger charge is 2.37. The molecule has 0 bridgehead atoms. The van der Waals surface area contributed by atoms with Crippen LogP contribution in [0, 0.1) is 0 Å². The summed E-state index contributed by atoms with van der Waals surface area (Å²) in [5.41, 5.74) is 0.168. The minimum absolute atomic E-state index is 0.00664. The molecule has 5 rings (SSSR count). The summed E-state index contributed by atoms with van der Waals surface area (Å²) in [6.07, 6.45) is 1.91. The van der Waals surface area contributed by atoms with Crippen LogP contribution in [0.3, 0.4) is 0 Å². The first-order chi connectivity index (χ1) is 17.4. The molecule has 2 fully saturated rings. The number of piperazine rings is 1. The Labute approximate surface area is 208 Å². The van der Waals surface area contributed by atoms with Crippen molar-refractivity contribution in [3.63, 3.8) is 0 Å². The van der Waals surface area contributed by atoms with Crippen LogP contribution in [-0.2, 0) is 4.79 Å². The lowest BCUT2D eigenvalue weighted by molar-refractivity contribution is -0.130. The van der Waals surface area contributed by atoms with Crippen molar-refractivity contribution in [3.8, 4) is 5.75 Å². The number of aromatic hydroxyl groups is 1. The Hall–Kier alpha value is -4.14. The van der Waals surface area contributed by atoms with Gasteiger partial charge in [0.25, 0.3) is 16.8 Å². The van der Waals surface area contributed by atoms with Gasteiger partial charge in [-0.1, -0.05) is 43.3 Å². The summed E-state index contributed by atoms with van der Waals surface area (Å²) in [7, 11) is 0. The van der Waals surface area contributed by atoms with Crippen molar-refractivity contribution in [2.45, 2.75) is 38.3 Å². The molecule has 0 aromatic heterocycles. The summed E-state index contributed by atoms with van der Waals surface area (Å²) in [5.74, 6) is -0.508. The number of nitrogens with one attached hydrogen (secondary N) is 2. The largest absolute Gasteiger partial charge is 0.505 e.